The number of rotatable bonds is 3. The molecule has 15 heavy (non-hydrogen) atoms. The Morgan fingerprint density at radius 1 is 1.40 bits per heavy atom. The van der Waals surface area contributed by atoms with Crippen LogP contribution in [0.5, 0.6) is 0 Å². The first-order valence-electron chi connectivity index (χ1n) is 5.30. The Morgan fingerprint density at radius 2 is 2.07 bits per heavy atom. The molecule has 3 heteroatoms. The number of hydrogen-bond acceptors (Lipinski definition) is 2. The van der Waals surface area contributed by atoms with Crippen LogP contribution in [0.3, 0.4) is 0 Å². The van der Waals surface area contributed by atoms with E-state index in [1.54, 1.807) is 0 Å². The fourth-order valence-corrected chi connectivity index (χ4v) is 2.79. The summed E-state index contributed by atoms with van der Waals surface area (Å²) in [6.07, 6.45) is 3.25. The van der Waals surface area contributed by atoms with Crippen molar-refractivity contribution in [2.45, 2.75) is 25.3 Å². The lowest BCUT2D eigenvalue weighted by atomic mass is 9.63. The van der Waals surface area contributed by atoms with Crippen molar-refractivity contribution in [3.05, 3.63) is 34.3 Å². The summed E-state index contributed by atoms with van der Waals surface area (Å²) in [4.78, 5) is 0. The molecule has 0 radical (unpaired) electrons. The summed E-state index contributed by atoms with van der Waals surface area (Å²) >= 11 is 3.51. The monoisotopic (exact) mass is 269 g/mol. The van der Waals surface area contributed by atoms with Gasteiger partial charge in [0.1, 0.15) is 0 Å². The van der Waals surface area contributed by atoms with Gasteiger partial charge >= 0.3 is 0 Å². The number of nitrogens with two attached hydrogens (primary N) is 1. The molecule has 0 heterocycles. The summed E-state index contributed by atoms with van der Waals surface area (Å²) in [7, 11) is 0. The molecule has 1 unspecified atom stereocenters. The second-order valence-corrected chi connectivity index (χ2v) is 5.23. The minimum Gasteiger partial charge on any atom is -0.396 e. The van der Waals surface area contributed by atoms with Crippen molar-refractivity contribution in [3.63, 3.8) is 0 Å². The molecule has 0 saturated heterocycles. The second-order valence-electron chi connectivity index (χ2n) is 4.37. The molecule has 1 aromatic carbocycles. The first kappa shape index (κ1) is 11.1. The van der Waals surface area contributed by atoms with E-state index in [1.807, 2.05) is 24.3 Å². The van der Waals surface area contributed by atoms with Crippen LogP contribution in [-0.4, -0.2) is 11.7 Å². The molecule has 0 aliphatic heterocycles. The summed E-state index contributed by atoms with van der Waals surface area (Å²) in [5, 5.41) is 9.46. The molecule has 1 aliphatic rings. The summed E-state index contributed by atoms with van der Waals surface area (Å²) in [6.45, 7) is 0.190. The predicted molar refractivity (Wildman–Crippen MR) is 64.4 cm³/mol. The average molecular weight is 270 g/mol. The van der Waals surface area contributed by atoms with Gasteiger partial charge in [-0.2, -0.15) is 0 Å². The Labute approximate surface area is 98.6 Å². The lowest BCUT2D eigenvalue weighted by molar-refractivity contribution is 0.0182. The number of aliphatic hydroxyl groups excluding tert-OH is 1. The molecule has 0 amide bonds. The highest BCUT2D eigenvalue weighted by atomic mass is 79.9. The Hall–Kier alpha value is -0.380. The summed E-state index contributed by atoms with van der Waals surface area (Å²) in [5.74, 6) is 0. The largest absolute Gasteiger partial charge is 0.396 e. The van der Waals surface area contributed by atoms with Crippen molar-refractivity contribution < 1.29 is 5.11 Å². The van der Waals surface area contributed by atoms with Gasteiger partial charge in [-0.25, -0.2) is 0 Å². The normalized spacial score (nSPS) is 20.7. The zero-order chi connectivity index (χ0) is 10.9. The van der Waals surface area contributed by atoms with E-state index < -0.39 is 0 Å². The van der Waals surface area contributed by atoms with Crippen LogP contribution in [0.25, 0.3) is 0 Å². The standard InChI is InChI=1S/C12H16BrNO/c13-10-5-2-1-4-9(10)11(14)12(8-15)6-3-7-12/h1-2,4-5,11,15H,3,6-8,14H2. The van der Waals surface area contributed by atoms with Crippen LogP contribution in [0.1, 0.15) is 30.9 Å². The van der Waals surface area contributed by atoms with E-state index in [9.17, 15) is 5.11 Å². The Morgan fingerprint density at radius 3 is 2.53 bits per heavy atom. The molecule has 3 N–H and O–H groups in total. The molecule has 1 fully saturated rings. The highest BCUT2D eigenvalue weighted by Gasteiger charge is 2.42. The van der Waals surface area contributed by atoms with Crippen LogP contribution in [0, 0.1) is 5.41 Å². The van der Waals surface area contributed by atoms with E-state index in [0.29, 0.717) is 0 Å². The number of hydrogen-bond donors (Lipinski definition) is 2. The molecule has 2 nitrogen and oxygen atoms in total. The van der Waals surface area contributed by atoms with E-state index in [0.717, 1.165) is 22.9 Å². The third-order valence-corrected chi connectivity index (χ3v) is 4.29. The van der Waals surface area contributed by atoms with Gasteiger partial charge in [0.15, 0.2) is 0 Å². The van der Waals surface area contributed by atoms with E-state index in [2.05, 4.69) is 15.9 Å². The number of halogens is 1. The maximum atomic E-state index is 9.46. The van der Waals surface area contributed by atoms with Crippen LogP contribution in [0.4, 0.5) is 0 Å². The van der Waals surface area contributed by atoms with Crippen molar-refractivity contribution in [2.24, 2.45) is 11.1 Å². The van der Waals surface area contributed by atoms with Gasteiger partial charge in [-0.15, -0.1) is 0 Å². The number of benzene rings is 1. The lowest BCUT2D eigenvalue weighted by Crippen LogP contribution is -2.43. The van der Waals surface area contributed by atoms with E-state index >= 15 is 0 Å². The van der Waals surface area contributed by atoms with Crippen molar-refractivity contribution in [1.82, 2.24) is 0 Å². The number of aliphatic hydroxyl groups is 1. The van der Waals surface area contributed by atoms with Crippen LogP contribution >= 0.6 is 15.9 Å². The van der Waals surface area contributed by atoms with Gasteiger partial charge in [0.25, 0.3) is 0 Å². The Kier molecular flexibility index (Phi) is 3.14. The molecule has 0 spiro atoms. The quantitative estimate of drug-likeness (QED) is 0.886. The molecule has 1 aromatic rings. The highest BCUT2D eigenvalue weighted by Crippen LogP contribution is 2.49. The fourth-order valence-electron chi connectivity index (χ4n) is 2.26. The van der Waals surface area contributed by atoms with Gasteiger partial charge in [0.2, 0.25) is 0 Å². The fraction of sp³-hybridized carbons (Fsp3) is 0.500. The second kappa shape index (κ2) is 4.24. The third-order valence-electron chi connectivity index (χ3n) is 3.56. The molecule has 1 atom stereocenters. The van der Waals surface area contributed by atoms with Crippen molar-refractivity contribution in [1.29, 1.82) is 0 Å². The van der Waals surface area contributed by atoms with Gasteiger partial charge in [0, 0.05) is 15.9 Å². The molecule has 82 valence electrons. The SMILES string of the molecule is NC(c1ccccc1Br)C1(CO)CCC1. The molecule has 2 rings (SSSR count). The maximum Gasteiger partial charge on any atom is 0.0505 e. The smallest absolute Gasteiger partial charge is 0.0505 e. The summed E-state index contributed by atoms with van der Waals surface area (Å²) in [6, 6.07) is 7.94. The zero-order valence-corrected chi connectivity index (χ0v) is 10.2. The lowest BCUT2D eigenvalue weighted by Gasteiger charge is -2.45. The van der Waals surface area contributed by atoms with Crippen LogP contribution < -0.4 is 5.73 Å². The first-order valence-corrected chi connectivity index (χ1v) is 6.10. The molecule has 0 bridgehead atoms. The van der Waals surface area contributed by atoms with Gasteiger partial charge in [-0.3, -0.25) is 0 Å². The van der Waals surface area contributed by atoms with Gasteiger partial charge in [0.05, 0.1) is 6.61 Å². The molecular formula is C12H16BrNO. The van der Waals surface area contributed by atoms with E-state index in [-0.39, 0.29) is 18.1 Å². The Bertz CT molecular complexity index is 344. The molecular weight excluding hydrogens is 254 g/mol. The minimum absolute atomic E-state index is 0.0631. The first-order chi connectivity index (χ1) is 7.19. The zero-order valence-electron chi connectivity index (χ0n) is 8.62. The van der Waals surface area contributed by atoms with Gasteiger partial charge in [-0.05, 0) is 24.5 Å². The maximum absolute atomic E-state index is 9.46. The topological polar surface area (TPSA) is 46.2 Å². The van der Waals surface area contributed by atoms with Crippen LogP contribution in [0.2, 0.25) is 0 Å². The van der Waals surface area contributed by atoms with Crippen molar-refractivity contribution in [2.75, 3.05) is 6.61 Å². The third kappa shape index (κ3) is 1.84. The van der Waals surface area contributed by atoms with Crippen LogP contribution in [0.15, 0.2) is 28.7 Å². The van der Waals surface area contributed by atoms with Gasteiger partial charge < -0.3 is 10.8 Å². The van der Waals surface area contributed by atoms with E-state index in [4.69, 9.17) is 5.73 Å². The van der Waals surface area contributed by atoms with Crippen molar-refractivity contribution >= 4 is 15.9 Å². The van der Waals surface area contributed by atoms with Crippen LogP contribution in [-0.2, 0) is 0 Å². The summed E-state index contributed by atoms with van der Waals surface area (Å²) < 4.78 is 1.04. The van der Waals surface area contributed by atoms with Crippen molar-refractivity contribution in [3.8, 4) is 0 Å². The molecule has 1 saturated carbocycles. The highest BCUT2D eigenvalue weighted by molar-refractivity contribution is 9.10. The molecule has 1 aliphatic carbocycles. The van der Waals surface area contributed by atoms with Gasteiger partial charge in [-0.1, -0.05) is 40.5 Å². The summed E-state index contributed by atoms with van der Waals surface area (Å²) in [5.41, 5.74) is 7.28. The average Bonchev–Trinajstić information content (AvgIpc) is 2.17. The minimum atomic E-state index is -0.0795. The Balaban J connectivity index is 2.27. The predicted octanol–water partition coefficient (Wildman–Crippen LogP) is 2.61. The molecule has 0 aromatic heterocycles. The van der Waals surface area contributed by atoms with E-state index in [1.165, 1.54) is 6.42 Å².